The molecule has 1 N–H and O–H groups in total. The van der Waals surface area contributed by atoms with Crippen LogP contribution in [0.15, 0.2) is 24.3 Å². The van der Waals surface area contributed by atoms with Crippen molar-refractivity contribution in [1.82, 2.24) is 5.32 Å². The van der Waals surface area contributed by atoms with Crippen LogP contribution in [0.25, 0.3) is 0 Å². The summed E-state index contributed by atoms with van der Waals surface area (Å²) in [5, 5.41) is 3.44. The largest absolute Gasteiger partial charge is 0.316 e. The molecule has 16 heavy (non-hydrogen) atoms. The van der Waals surface area contributed by atoms with E-state index in [1.165, 1.54) is 18.4 Å². The summed E-state index contributed by atoms with van der Waals surface area (Å²) < 4.78 is 12.9. The van der Waals surface area contributed by atoms with Crippen LogP contribution in [0.1, 0.15) is 32.3 Å². The first-order valence-electron chi connectivity index (χ1n) is 6.16. The topological polar surface area (TPSA) is 12.0 Å². The van der Waals surface area contributed by atoms with Crippen LogP contribution in [0.4, 0.5) is 4.39 Å². The van der Waals surface area contributed by atoms with E-state index in [1.807, 2.05) is 12.1 Å². The van der Waals surface area contributed by atoms with Gasteiger partial charge in [-0.1, -0.05) is 26.0 Å². The molecule has 2 unspecified atom stereocenters. The molecule has 1 aliphatic carbocycles. The molecule has 0 bridgehead atoms. The molecule has 0 aromatic heterocycles. The average molecular weight is 221 g/mol. The van der Waals surface area contributed by atoms with Gasteiger partial charge in [-0.05, 0) is 43.0 Å². The van der Waals surface area contributed by atoms with E-state index in [0.29, 0.717) is 5.92 Å². The highest BCUT2D eigenvalue weighted by Gasteiger charge is 2.44. The molecule has 88 valence electrons. The maximum absolute atomic E-state index is 12.9. The summed E-state index contributed by atoms with van der Waals surface area (Å²) in [7, 11) is 0. The Morgan fingerprint density at radius 1 is 1.38 bits per heavy atom. The van der Waals surface area contributed by atoms with Gasteiger partial charge in [-0.25, -0.2) is 4.39 Å². The van der Waals surface area contributed by atoms with E-state index in [2.05, 4.69) is 19.2 Å². The smallest absolute Gasteiger partial charge is 0.123 e. The van der Waals surface area contributed by atoms with Crippen LogP contribution in [0.2, 0.25) is 0 Å². The minimum Gasteiger partial charge on any atom is -0.316 e. The maximum atomic E-state index is 12.9. The van der Waals surface area contributed by atoms with Crippen molar-refractivity contribution in [3.8, 4) is 0 Å². The predicted octanol–water partition coefficient (Wildman–Crippen LogP) is 3.10. The summed E-state index contributed by atoms with van der Waals surface area (Å²) in [6, 6.07) is 7.05. The second-order valence-electron chi connectivity index (χ2n) is 4.88. The Balaban J connectivity index is 2.22. The lowest BCUT2D eigenvalue weighted by Crippen LogP contribution is -2.50. The average Bonchev–Trinajstić information content (AvgIpc) is 2.30. The fourth-order valence-electron chi connectivity index (χ4n) is 2.70. The third-order valence-electron chi connectivity index (χ3n) is 4.08. The first-order chi connectivity index (χ1) is 7.69. The normalized spacial score (nSPS) is 28.8. The number of hydrogen-bond acceptors (Lipinski definition) is 1. The van der Waals surface area contributed by atoms with E-state index in [9.17, 15) is 4.39 Å². The Hall–Kier alpha value is -0.890. The molecule has 0 spiro atoms. The van der Waals surface area contributed by atoms with Crippen LogP contribution in [-0.2, 0) is 5.41 Å². The zero-order valence-corrected chi connectivity index (χ0v) is 10.1. The molecule has 0 saturated heterocycles. The number of hydrogen-bond donors (Lipinski definition) is 1. The van der Waals surface area contributed by atoms with Crippen LogP contribution in [0.3, 0.4) is 0 Å². The van der Waals surface area contributed by atoms with Gasteiger partial charge in [-0.2, -0.15) is 0 Å². The summed E-state index contributed by atoms with van der Waals surface area (Å²) in [6.07, 6.45) is 2.50. The Bertz CT molecular complexity index is 346. The Labute approximate surface area is 97.1 Å². The third kappa shape index (κ3) is 1.86. The highest BCUT2D eigenvalue weighted by atomic mass is 19.1. The van der Waals surface area contributed by atoms with Crippen molar-refractivity contribution in [1.29, 1.82) is 0 Å². The van der Waals surface area contributed by atoms with Gasteiger partial charge in [0, 0.05) is 12.0 Å². The number of likely N-dealkylation sites (N-methyl/N-ethyl adjacent to an activating group) is 1. The number of nitrogens with one attached hydrogen (secondary N) is 1. The molecule has 0 radical (unpaired) electrons. The van der Waals surface area contributed by atoms with Gasteiger partial charge in [0.25, 0.3) is 0 Å². The van der Waals surface area contributed by atoms with E-state index in [0.717, 1.165) is 13.1 Å². The van der Waals surface area contributed by atoms with Crippen molar-refractivity contribution < 1.29 is 4.39 Å². The zero-order chi connectivity index (χ0) is 11.6. The second kappa shape index (κ2) is 4.54. The SMILES string of the molecule is CCNCC1(c2ccc(F)cc2)CCC1C. The highest BCUT2D eigenvalue weighted by molar-refractivity contribution is 5.30. The minimum absolute atomic E-state index is 0.144. The standard InChI is InChI=1S/C14H20FN/c1-3-16-10-14(9-8-11(14)2)12-4-6-13(15)7-5-12/h4-7,11,16H,3,8-10H2,1-2H3. The van der Waals surface area contributed by atoms with Crippen molar-refractivity contribution >= 4 is 0 Å². The lowest BCUT2D eigenvalue weighted by Gasteiger charge is -2.49. The molecule has 1 fully saturated rings. The summed E-state index contributed by atoms with van der Waals surface area (Å²) in [5.41, 5.74) is 1.53. The van der Waals surface area contributed by atoms with Gasteiger partial charge in [0.1, 0.15) is 5.82 Å². The molecule has 2 atom stereocenters. The molecule has 2 heteroatoms. The quantitative estimate of drug-likeness (QED) is 0.823. The minimum atomic E-state index is -0.144. The molecular formula is C14H20FN. The summed E-state index contributed by atoms with van der Waals surface area (Å²) in [6.45, 7) is 6.43. The Morgan fingerprint density at radius 2 is 2.06 bits per heavy atom. The predicted molar refractivity (Wildman–Crippen MR) is 65.0 cm³/mol. The molecule has 1 aliphatic rings. The first kappa shape index (κ1) is 11.6. The number of rotatable bonds is 4. The lowest BCUT2D eigenvalue weighted by atomic mass is 9.57. The fraction of sp³-hybridized carbons (Fsp3) is 0.571. The summed E-state index contributed by atoms with van der Waals surface area (Å²) >= 11 is 0. The van der Waals surface area contributed by atoms with Gasteiger partial charge in [-0.3, -0.25) is 0 Å². The third-order valence-corrected chi connectivity index (χ3v) is 4.08. The molecule has 1 nitrogen and oxygen atoms in total. The van der Waals surface area contributed by atoms with E-state index < -0.39 is 0 Å². The van der Waals surface area contributed by atoms with Crippen LogP contribution in [-0.4, -0.2) is 13.1 Å². The van der Waals surface area contributed by atoms with Crippen molar-refractivity contribution in [2.24, 2.45) is 5.92 Å². The summed E-state index contributed by atoms with van der Waals surface area (Å²) in [5.74, 6) is 0.548. The van der Waals surface area contributed by atoms with Crippen LogP contribution < -0.4 is 5.32 Å². The van der Waals surface area contributed by atoms with Gasteiger partial charge in [0.15, 0.2) is 0 Å². The highest BCUT2D eigenvalue weighted by Crippen LogP contribution is 2.48. The van der Waals surface area contributed by atoms with E-state index in [-0.39, 0.29) is 11.2 Å². The molecule has 0 amide bonds. The van der Waals surface area contributed by atoms with Gasteiger partial charge >= 0.3 is 0 Å². The Kier molecular flexibility index (Phi) is 3.29. The van der Waals surface area contributed by atoms with Gasteiger partial charge < -0.3 is 5.32 Å². The van der Waals surface area contributed by atoms with E-state index >= 15 is 0 Å². The van der Waals surface area contributed by atoms with Crippen molar-refractivity contribution in [2.45, 2.75) is 32.1 Å². The van der Waals surface area contributed by atoms with E-state index in [1.54, 1.807) is 12.1 Å². The van der Waals surface area contributed by atoms with Crippen molar-refractivity contribution in [2.75, 3.05) is 13.1 Å². The number of halogens is 1. The molecule has 1 saturated carbocycles. The zero-order valence-electron chi connectivity index (χ0n) is 10.1. The van der Waals surface area contributed by atoms with Gasteiger partial charge in [0.2, 0.25) is 0 Å². The van der Waals surface area contributed by atoms with Crippen LogP contribution >= 0.6 is 0 Å². The maximum Gasteiger partial charge on any atom is 0.123 e. The van der Waals surface area contributed by atoms with Crippen LogP contribution in [0, 0.1) is 11.7 Å². The van der Waals surface area contributed by atoms with Crippen LogP contribution in [0.5, 0.6) is 0 Å². The molecule has 0 aliphatic heterocycles. The van der Waals surface area contributed by atoms with Gasteiger partial charge in [0.05, 0.1) is 0 Å². The Morgan fingerprint density at radius 3 is 2.50 bits per heavy atom. The molecule has 0 heterocycles. The fourth-order valence-corrected chi connectivity index (χ4v) is 2.70. The number of benzene rings is 1. The molecule has 1 aromatic rings. The molecule has 2 rings (SSSR count). The van der Waals surface area contributed by atoms with Crippen molar-refractivity contribution in [3.63, 3.8) is 0 Å². The van der Waals surface area contributed by atoms with E-state index in [4.69, 9.17) is 0 Å². The van der Waals surface area contributed by atoms with Gasteiger partial charge in [-0.15, -0.1) is 0 Å². The summed E-state index contributed by atoms with van der Waals surface area (Å²) in [4.78, 5) is 0. The molecular weight excluding hydrogens is 201 g/mol. The first-order valence-corrected chi connectivity index (χ1v) is 6.16. The molecule has 1 aromatic carbocycles. The van der Waals surface area contributed by atoms with Crippen molar-refractivity contribution in [3.05, 3.63) is 35.6 Å². The second-order valence-corrected chi connectivity index (χ2v) is 4.88. The monoisotopic (exact) mass is 221 g/mol. The lowest BCUT2D eigenvalue weighted by molar-refractivity contribution is 0.135.